The van der Waals surface area contributed by atoms with Crippen LogP contribution in [0.25, 0.3) is 0 Å². The molecule has 1 aliphatic rings. The first-order valence-electron chi connectivity index (χ1n) is 6.47. The van der Waals surface area contributed by atoms with E-state index in [9.17, 15) is 8.78 Å². The molecule has 0 saturated heterocycles. The molecule has 0 aliphatic heterocycles. The zero-order valence-corrected chi connectivity index (χ0v) is 10.3. The van der Waals surface area contributed by atoms with Crippen molar-refractivity contribution in [3.8, 4) is 6.07 Å². The molecule has 2 rings (SSSR count). The van der Waals surface area contributed by atoms with Crippen molar-refractivity contribution in [3.05, 3.63) is 35.4 Å². The minimum absolute atomic E-state index is 0.0556. The molecule has 0 unspecified atom stereocenters. The van der Waals surface area contributed by atoms with Crippen molar-refractivity contribution in [2.45, 2.75) is 44.4 Å². The lowest BCUT2D eigenvalue weighted by Crippen LogP contribution is -2.15. The van der Waals surface area contributed by atoms with Gasteiger partial charge in [0.25, 0.3) is 0 Å². The van der Waals surface area contributed by atoms with Crippen LogP contribution in [0.15, 0.2) is 24.3 Å². The maximum absolute atomic E-state index is 12.3. The first-order valence-corrected chi connectivity index (χ1v) is 6.47. The summed E-state index contributed by atoms with van der Waals surface area (Å²) >= 11 is 0. The maximum atomic E-state index is 12.3. The second kappa shape index (κ2) is 5.95. The van der Waals surface area contributed by atoms with Gasteiger partial charge in [0.1, 0.15) is 0 Å². The third kappa shape index (κ3) is 3.29. The zero-order valence-electron chi connectivity index (χ0n) is 10.3. The van der Waals surface area contributed by atoms with Gasteiger partial charge < -0.3 is 0 Å². The second-order valence-corrected chi connectivity index (χ2v) is 5.08. The molecule has 0 heterocycles. The highest BCUT2D eigenvalue weighted by Gasteiger charge is 2.24. The normalized spacial score (nSPS) is 23.9. The topological polar surface area (TPSA) is 23.8 Å². The zero-order chi connectivity index (χ0) is 13.0. The van der Waals surface area contributed by atoms with E-state index in [1.165, 1.54) is 5.56 Å². The Hall–Kier alpha value is -1.43. The van der Waals surface area contributed by atoms with E-state index in [0.717, 1.165) is 25.7 Å². The number of nitriles is 1. The highest BCUT2D eigenvalue weighted by atomic mass is 19.3. The summed E-state index contributed by atoms with van der Waals surface area (Å²) < 4.78 is 24.6. The predicted octanol–water partition coefficient (Wildman–Crippen LogP) is 4.49. The van der Waals surface area contributed by atoms with Crippen LogP contribution in [0.1, 0.15) is 49.1 Å². The molecule has 1 nitrogen and oxygen atoms in total. The monoisotopic (exact) mass is 249 g/mol. The first-order chi connectivity index (χ1) is 8.69. The van der Waals surface area contributed by atoms with Crippen LogP contribution in [0.2, 0.25) is 0 Å². The molecular formula is C15H17F2N. The van der Waals surface area contributed by atoms with Crippen molar-refractivity contribution < 1.29 is 8.78 Å². The van der Waals surface area contributed by atoms with Crippen LogP contribution in [0.5, 0.6) is 0 Å². The Morgan fingerprint density at radius 3 is 2.22 bits per heavy atom. The summed E-state index contributed by atoms with van der Waals surface area (Å²) in [4.78, 5) is 0. The summed E-state index contributed by atoms with van der Waals surface area (Å²) in [5.74, 6) is 0.672. The Bertz CT molecular complexity index is 411. The molecule has 0 radical (unpaired) electrons. The van der Waals surface area contributed by atoms with Crippen LogP contribution in [-0.4, -0.2) is 6.43 Å². The standard InChI is InChI=1S/C15H17F2N/c16-15(17)9-11-1-5-13(6-2-11)14-7-3-12(10-18)4-8-14/h3-4,7-8,11,13,15H,1-2,5-6,9H2. The van der Waals surface area contributed by atoms with Gasteiger partial charge in [0, 0.05) is 6.42 Å². The Kier molecular flexibility index (Phi) is 4.30. The molecule has 3 heteroatoms. The lowest BCUT2D eigenvalue weighted by Gasteiger charge is -2.28. The van der Waals surface area contributed by atoms with Crippen molar-refractivity contribution in [1.29, 1.82) is 5.26 Å². The highest BCUT2D eigenvalue weighted by Crippen LogP contribution is 2.37. The number of rotatable bonds is 3. The van der Waals surface area contributed by atoms with Crippen molar-refractivity contribution in [3.63, 3.8) is 0 Å². The van der Waals surface area contributed by atoms with Crippen molar-refractivity contribution in [1.82, 2.24) is 0 Å². The first kappa shape index (κ1) is 13.0. The Labute approximate surface area is 106 Å². The summed E-state index contributed by atoms with van der Waals surface area (Å²) in [5, 5.41) is 8.74. The number of nitrogens with zero attached hydrogens (tertiary/aromatic N) is 1. The lowest BCUT2D eigenvalue weighted by molar-refractivity contribution is 0.102. The van der Waals surface area contributed by atoms with E-state index >= 15 is 0 Å². The van der Waals surface area contributed by atoms with Crippen molar-refractivity contribution in [2.75, 3.05) is 0 Å². The molecule has 0 aromatic heterocycles. The molecule has 1 fully saturated rings. The summed E-state index contributed by atoms with van der Waals surface area (Å²) in [6, 6.07) is 9.76. The van der Waals surface area contributed by atoms with E-state index < -0.39 is 6.43 Å². The SMILES string of the molecule is N#Cc1ccc(C2CCC(CC(F)F)CC2)cc1. The predicted molar refractivity (Wildman–Crippen MR) is 66.5 cm³/mol. The fourth-order valence-corrected chi connectivity index (χ4v) is 2.81. The van der Waals surface area contributed by atoms with Gasteiger partial charge in [0.15, 0.2) is 0 Å². The van der Waals surface area contributed by atoms with Crippen LogP contribution in [0, 0.1) is 17.2 Å². The van der Waals surface area contributed by atoms with Gasteiger partial charge in [0.05, 0.1) is 11.6 Å². The van der Waals surface area contributed by atoms with Crippen LogP contribution < -0.4 is 0 Å². The minimum Gasteiger partial charge on any atom is -0.211 e. The lowest BCUT2D eigenvalue weighted by atomic mass is 9.77. The molecule has 1 aromatic rings. The minimum atomic E-state index is -2.17. The van der Waals surface area contributed by atoms with Gasteiger partial charge in [-0.1, -0.05) is 12.1 Å². The Balaban J connectivity index is 1.91. The van der Waals surface area contributed by atoms with Crippen LogP contribution in [-0.2, 0) is 0 Å². The van der Waals surface area contributed by atoms with E-state index in [1.807, 2.05) is 24.3 Å². The number of benzene rings is 1. The number of alkyl halides is 2. The molecule has 1 aliphatic carbocycles. The van der Waals surface area contributed by atoms with Gasteiger partial charge in [0.2, 0.25) is 6.43 Å². The van der Waals surface area contributed by atoms with Crippen LogP contribution in [0.4, 0.5) is 8.78 Å². The van der Waals surface area contributed by atoms with Gasteiger partial charge >= 0.3 is 0 Å². The van der Waals surface area contributed by atoms with E-state index in [2.05, 4.69) is 6.07 Å². The fraction of sp³-hybridized carbons (Fsp3) is 0.533. The molecule has 1 aromatic carbocycles. The van der Waals surface area contributed by atoms with Gasteiger partial charge in [-0.25, -0.2) is 8.78 Å². The van der Waals surface area contributed by atoms with Crippen LogP contribution in [0.3, 0.4) is 0 Å². The third-order valence-corrected chi connectivity index (χ3v) is 3.87. The molecule has 18 heavy (non-hydrogen) atoms. The van der Waals surface area contributed by atoms with Gasteiger partial charge in [-0.15, -0.1) is 0 Å². The smallest absolute Gasteiger partial charge is 0.211 e. The van der Waals surface area contributed by atoms with E-state index in [1.54, 1.807) is 0 Å². The fourth-order valence-electron chi connectivity index (χ4n) is 2.81. The quantitative estimate of drug-likeness (QED) is 0.774. The summed E-state index contributed by atoms with van der Waals surface area (Å²) in [7, 11) is 0. The molecular weight excluding hydrogens is 232 g/mol. The molecule has 0 N–H and O–H groups in total. The number of hydrogen-bond acceptors (Lipinski definition) is 1. The molecule has 0 amide bonds. The van der Waals surface area contributed by atoms with Crippen molar-refractivity contribution in [2.24, 2.45) is 5.92 Å². The number of hydrogen-bond donors (Lipinski definition) is 0. The average molecular weight is 249 g/mol. The van der Waals surface area contributed by atoms with Gasteiger partial charge in [-0.3, -0.25) is 0 Å². The molecule has 1 saturated carbocycles. The Morgan fingerprint density at radius 1 is 1.11 bits per heavy atom. The summed E-state index contributed by atoms with van der Waals surface area (Å²) in [6.45, 7) is 0. The molecule has 0 atom stereocenters. The van der Waals surface area contributed by atoms with E-state index in [4.69, 9.17) is 5.26 Å². The summed E-state index contributed by atoms with van der Waals surface area (Å²) in [6.07, 6.45) is 1.66. The highest BCUT2D eigenvalue weighted by molar-refractivity contribution is 5.33. The average Bonchev–Trinajstić information content (AvgIpc) is 2.39. The maximum Gasteiger partial charge on any atom is 0.238 e. The third-order valence-electron chi connectivity index (χ3n) is 3.87. The Morgan fingerprint density at radius 2 is 1.72 bits per heavy atom. The van der Waals surface area contributed by atoms with E-state index in [0.29, 0.717) is 11.5 Å². The van der Waals surface area contributed by atoms with Crippen LogP contribution >= 0.6 is 0 Å². The molecule has 96 valence electrons. The van der Waals surface area contributed by atoms with E-state index in [-0.39, 0.29) is 12.3 Å². The molecule has 0 bridgehead atoms. The van der Waals surface area contributed by atoms with Gasteiger partial charge in [-0.05, 0) is 55.2 Å². The molecule has 0 spiro atoms. The largest absolute Gasteiger partial charge is 0.238 e. The van der Waals surface area contributed by atoms with Gasteiger partial charge in [-0.2, -0.15) is 5.26 Å². The number of halogens is 2. The van der Waals surface area contributed by atoms with Crippen molar-refractivity contribution >= 4 is 0 Å². The summed E-state index contributed by atoms with van der Waals surface area (Å²) in [5.41, 5.74) is 1.91. The second-order valence-electron chi connectivity index (χ2n) is 5.08.